The fourth-order valence-corrected chi connectivity index (χ4v) is 2.13. The van der Waals surface area contributed by atoms with Crippen molar-refractivity contribution in [3.05, 3.63) is 59.9 Å². The molecule has 2 aromatic rings. The van der Waals surface area contributed by atoms with Gasteiger partial charge in [-0.05, 0) is 37.0 Å². The van der Waals surface area contributed by atoms with Gasteiger partial charge in [0, 0.05) is 12.6 Å². The Bertz CT molecular complexity index is 528. The van der Waals surface area contributed by atoms with E-state index >= 15 is 0 Å². The molecule has 0 fully saturated rings. The number of unbranched alkanes of at least 4 members (excludes halogenated alkanes) is 1. The average molecular weight is 273 g/mol. The highest BCUT2D eigenvalue weighted by Gasteiger charge is 2.03. The topological polar surface area (TPSA) is 21.3 Å². The van der Waals surface area contributed by atoms with Gasteiger partial charge in [-0.25, -0.2) is 4.39 Å². The van der Waals surface area contributed by atoms with E-state index in [-0.39, 0.29) is 5.82 Å². The maximum Gasteiger partial charge on any atom is 0.144 e. The maximum atomic E-state index is 13.1. The first kappa shape index (κ1) is 14.4. The van der Waals surface area contributed by atoms with Crippen LogP contribution in [0, 0.1) is 5.82 Å². The molecule has 0 aromatic heterocycles. The van der Waals surface area contributed by atoms with Crippen LogP contribution in [0.15, 0.2) is 48.5 Å². The molecule has 0 unspecified atom stereocenters. The molecule has 1 N–H and O–H groups in total. The quantitative estimate of drug-likeness (QED) is 0.761. The van der Waals surface area contributed by atoms with E-state index in [1.54, 1.807) is 13.2 Å². The van der Waals surface area contributed by atoms with Crippen molar-refractivity contribution in [1.29, 1.82) is 0 Å². The third-order valence-corrected chi connectivity index (χ3v) is 3.21. The number of methoxy groups -OCH3 is 1. The largest absolute Gasteiger partial charge is 0.494 e. The first-order chi connectivity index (χ1) is 9.79. The van der Waals surface area contributed by atoms with Crippen LogP contribution in [-0.2, 0) is 6.42 Å². The van der Waals surface area contributed by atoms with Crippen LogP contribution in [0.4, 0.5) is 10.1 Å². The zero-order chi connectivity index (χ0) is 14.2. The van der Waals surface area contributed by atoms with Gasteiger partial charge in [-0.3, -0.25) is 0 Å². The molecule has 0 spiro atoms. The number of halogens is 1. The predicted molar refractivity (Wildman–Crippen MR) is 80.8 cm³/mol. The van der Waals surface area contributed by atoms with E-state index in [0.29, 0.717) is 5.75 Å². The first-order valence-corrected chi connectivity index (χ1v) is 6.91. The molecule has 0 aliphatic heterocycles. The highest BCUT2D eigenvalue weighted by molar-refractivity contribution is 5.56. The standard InChI is InChI=1S/C17H20FNO/c1-20-17-13-15(18)10-11-16(17)19-12-6-5-9-14-7-3-2-4-8-14/h2-4,7-8,10-11,13,19H,5-6,9,12H2,1H3. The van der Waals surface area contributed by atoms with Crippen molar-refractivity contribution in [2.75, 3.05) is 19.0 Å². The molecule has 0 atom stereocenters. The van der Waals surface area contributed by atoms with Crippen molar-refractivity contribution < 1.29 is 9.13 Å². The molecular weight excluding hydrogens is 253 g/mol. The summed E-state index contributed by atoms with van der Waals surface area (Å²) in [5.74, 6) is 0.268. The second kappa shape index (κ2) is 7.53. The van der Waals surface area contributed by atoms with Crippen molar-refractivity contribution >= 4 is 5.69 Å². The Morgan fingerprint density at radius 3 is 2.60 bits per heavy atom. The maximum absolute atomic E-state index is 13.1. The number of rotatable bonds is 7. The van der Waals surface area contributed by atoms with Crippen LogP contribution in [-0.4, -0.2) is 13.7 Å². The molecule has 0 saturated heterocycles. The van der Waals surface area contributed by atoms with E-state index in [1.165, 1.54) is 17.7 Å². The van der Waals surface area contributed by atoms with Gasteiger partial charge in [-0.2, -0.15) is 0 Å². The highest BCUT2D eigenvalue weighted by Crippen LogP contribution is 2.24. The Morgan fingerprint density at radius 1 is 1.05 bits per heavy atom. The second-order valence-electron chi connectivity index (χ2n) is 4.71. The molecule has 0 radical (unpaired) electrons. The van der Waals surface area contributed by atoms with Gasteiger partial charge in [-0.15, -0.1) is 0 Å². The third-order valence-electron chi connectivity index (χ3n) is 3.21. The van der Waals surface area contributed by atoms with Crippen molar-refractivity contribution in [2.24, 2.45) is 0 Å². The number of anilines is 1. The van der Waals surface area contributed by atoms with Crippen LogP contribution in [0.3, 0.4) is 0 Å². The van der Waals surface area contributed by atoms with Gasteiger partial charge >= 0.3 is 0 Å². The Hall–Kier alpha value is -2.03. The van der Waals surface area contributed by atoms with Crippen molar-refractivity contribution in [3.8, 4) is 5.75 Å². The number of aryl methyl sites for hydroxylation is 1. The van der Waals surface area contributed by atoms with Crippen molar-refractivity contribution in [1.82, 2.24) is 0 Å². The molecular formula is C17H20FNO. The molecule has 0 aliphatic carbocycles. The summed E-state index contributed by atoms with van der Waals surface area (Å²) >= 11 is 0. The summed E-state index contributed by atoms with van der Waals surface area (Å²) in [5.41, 5.74) is 2.21. The summed E-state index contributed by atoms with van der Waals surface area (Å²) in [6, 6.07) is 15.0. The van der Waals surface area contributed by atoms with Crippen LogP contribution in [0.2, 0.25) is 0 Å². The first-order valence-electron chi connectivity index (χ1n) is 6.91. The summed E-state index contributed by atoms with van der Waals surface area (Å²) in [6.07, 6.45) is 3.28. The minimum atomic E-state index is -0.281. The minimum absolute atomic E-state index is 0.281. The summed E-state index contributed by atoms with van der Waals surface area (Å²) < 4.78 is 18.2. The Balaban J connectivity index is 1.73. The zero-order valence-electron chi connectivity index (χ0n) is 11.7. The van der Waals surface area contributed by atoms with E-state index in [1.807, 2.05) is 6.07 Å². The highest BCUT2D eigenvalue weighted by atomic mass is 19.1. The van der Waals surface area contributed by atoms with Crippen LogP contribution in [0.5, 0.6) is 5.75 Å². The lowest BCUT2D eigenvalue weighted by Crippen LogP contribution is -2.04. The van der Waals surface area contributed by atoms with Gasteiger partial charge in [0.05, 0.1) is 12.8 Å². The molecule has 0 heterocycles. The lowest BCUT2D eigenvalue weighted by molar-refractivity contribution is 0.413. The zero-order valence-corrected chi connectivity index (χ0v) is 11.7. The van der Waals surface area contributed by atoms with Gasteiger partial charge in [0.2, 0.25) is 0 Å². The molecule has 0 saturated carbocycles. The lowest BCUT2D eigenvalue weighted by atomic mass is 10.1. The minimum Gasteiger partial charge on any atom is -0.494 e. The van der Waals surface area contributed by atoms with E-state index in [2.05, 4.69) is 29.6 Å². The SMILES string of the molecule is COc1cc(F)ccc1NCCCCc1ccccc1. The smallest absolute Gasteiger partial charge is 0.144 e. The Labute approximate surface area is 119 Å². The number of hydrogen-bond donors (Lipinski definition) is 1. The van der Waals surface area contributed by atoms with E-state index in [4.69, 9.17) is 4.74 Å². The summed E-state index contributed by atoms with van der Waals surface area (Å²) in [6.45, 7) is 0.856. The van der Waals surface area contributed by atoms with Gasteiger partial charge in [0.25, 0.3) is 0 Å². The third kappa shape index (κ3) is 4.26. The number of ether oxygens (including phenoxy) is 1. The molecule has 106 valence electrons. The number of benzene rings is 2. The fraction of sp³-hybridized carbons (Fsp3) is 0.294. The molecule has 0 amide bonds. The normalized spacial score (nSPS) is 10.3. The molecule has 0 aliphatic rings. The van der Waals surface area contributed by atoms with E-state index in [9.17, 15) is 4.39 Å². The van der Waals surface area contributed by atoms with Crippen LogP contribution >= 0.6 is 0 Å². The van der Waals surface area contributed by atoms with Crippen molar-refractivity contribution in [3.63, 3.8) is 0 Å². The lowest BCUT2D eigenvalue weighted by Gasteiger charge is -2.11. The van der Waals surface area contributed by atoms with Crippen LogP contribution in [0.25, 0.3) is 0 Å². The molecule has 2 nitrogen and oxygen atoms in total. The van der Waals surface area contributed by atoms with Gasteiger partial charge in [0.1, 0.15) is 11.6 Å². The monoisotopic (exact) mass is 273 g/mol. The van der Waals surface area contributed by atoms with Crippen LogP contribution in [0.1, 0.15) is 18.4 Å². The molecule has 2 rings (SSSR count). The van der Waals surface area contributed by atoms with Gasteiger partial charge in [0.15, 0.2) is 0 Å². The summed E-state index contributed by atoms with van der Waals surface area (Å²) in [7, 11) is 1.55. The molecule has 2 aromatic carbocycles. The van der Waals surface area contributed by atoms with Gasteiger partial charge < -0.3 is 10.1 Å². The second-order valence-corrected chi connectivity index (χ2v) is 4.71. The van der Waals surface area contributed by atoms with Gasteiger partial charge in [-0.1, -0.05) is 30.3 Å². The predicted octanol–water partition coefficient (Wildman–Crippen LogP) is 4.27. The van der Waals surface area contributed by atoms with Crippen molar-refractivity contribution in [2.45, 2.75) is 19.3 Å². The summed E-state index contributed by atoms with van der Waals surface area (Å²) in [5, 5.41) is 3.29. The molecule has 3 heteroatoms. The van der Waals surface area contributed by atoms with Crippen LogP contribution < -0.4 is 10.1 Å². The molecule has 0 bridgehead atoms. The van der Waals surface area contributed by atoms with E-state index in [0.717, 1.165) is 31.5 Å². The fourth-order valence-electron chi connectivity index (χ4n) is 2.13. The van der Waals surface area contributed by atoms with E-state index < -0.39 is 0 Å². The summed E-state index contributed by atoms with van der Waals surface area (Å²) in [4.78, 5) is 0. The molecule has 20 heavy (non-hydrogen) atoms. The number of nitrogens with one attached hydrogen (secondary N) is 1. The average Bonchev–Trinajstić information content (AvgIpc) is 2.49. The Kier molecular flexibility index (Phi) is 5.42. The Morgan fingerprint density at radius 2 is 1.85 bits per heavy atom. The number of hydrogen-bond acceptors (Lipinski definition) is 2.